The molecule has 0 aliphatic heterocycles. The monoisotopic (exact) mass is 287 g/mol. The van der Waals surface area contributed by atoms with Crippen LogP contribution in [0, 0.1) is 5.41 Å². The molecule has 5 heteroatoms. The van der Waals surface area contributed by atoms with Crippen molar-refractivity contribution in [1.29, 1.82) is 0 Å². The average Bonchev–Trinajstić information content (AvgIpc) is 2.62. The lowest BCUT2D eigenvalue weighted by atomic mass is 9.85. The van der Waals surface area contributed by atoms with E-state index in [1.54, 1.807) is 0 Å². The molecule has 1 amide bonds. The van der Waals surface area contributed by atoms with Crippen molar-refractivity contribution in [3.63, 3.8) is 0 Å². The highest BCUT2D eigenvalue weighted by molar-refractivity contribution is 7.99. The molecule has 2 unspecified atom stereocenters. The van der Waals surface area contributed by atoms with Gasteiger partial charge in [-0.1, -0.05) is 20.8 Å². The number of rotatable bonds is 7. The smallest absolute Gasteiger partial charge is 0.303 e. The molecule has 2 N–H and O–H groups in total. The van der Waals surface area contributed by atoms with Crippen LogP contribution in [0.25, 0.3) is 0 Å². The molecule has 1 aliphatic carbocycles. The van der Waals surface area contributed by atoms with Crippen molar-refractivity contribution in [2.75, 3.05) is 5.75 Å². The van der Waals surface area contributed by atoms with Crippen LogP contribution in [0.15, 0.2) is 0 Å². The van der Waals surface area contributed by atoms with Gasteiger partial charge in [0.05, 0.1) is 6.42 Å². The van der Waals surface area contributed by atoms with Crippen molar-refractivity contribution in [2.45, 2.75) is 64.2 Å². The normalized spacial score (nSPS) is 23.3. The Morgan fingerprint density at radius 1 is 1.32 bits per heavy atom. The second-order valence-electron chi connectivity index (χ2n) is 6.07. The van der Waals surface area contributed by atoms with Crippen LogP contribution < -0.4 is 5.32 Å². The summed E-state index contributed by atoms with van der Waals surface area (Å²) >= 11 is 1.96. The van der Waals surface area contributed by atoms with Crippen LogP contribution in [0.1, 0.15) is 52.9 Å². The molecule has 1 fully saturated rings. The number of nitrogens with one attached hydrogen (secondary N) is 1. The number of carboxylic acid groups (broad SMARTS) is 1. The Morgan fingerprint density at radius 3 is 2.58 bits per heavy atom. The van der Waals surface area contributed by atoms with Crippen molar-refractivity contribution in [2.24, 2.45) is 5.41 Å². The van der Waals surface area contributed by atoms with Crippen molar-refractivity contribution >= 4 is 23.6 Å². The molecule has 0 heterocycles. The Balaban J connectivity index is 2.34. The summed E-state index contributed by atoms with van der Waals surface area (Å²) in [6.07, 6.45) is 3.56. The van der Waals surface area contributed by atoms with Crippen molar-refractivity contribution in [3.8, 4) is 0 Å². The second kappa shape index (κ2) is 7.17. The Bertz CT molecular complexity index is 331. The van der Waals surface area contributed by atoms with E-state index in [2.05, 4.69) is 12.2 Å². The molecule has 1 aliphatic rings. The number of carbonyl (C=O) groups excluding carboxylic acids is 1. The zero-order valence-corrected chi connectivity index (χ0v) is 12.9. The number of thioether (sulfide) groups is 1. The topological polar surface area (TPSA) is 66.4 Å². The van der Waals surface area contributed by atoms with Gasteiger partial charge in [-0.05, 0) is 30.4 Å². The molecule has 1 saturated carbocycles. The molecule has 19 heavy (non-hydrogen) atoms. The maximum Gasteiger partial charge on any atom is 0.303 e. The van der Waals surface area contributed by atoms with Gasteiger partial charge in [0.15, 0.2) is 0 Å². The molecular weight excluding hydrogens is 262 g/mol. The van der Waals surface area contributed by atoms with Gasteiger partial charge in [0.2, 0.25) is 5.91 Å². The van der Waals surface area contributed by atoms with E-state index in [4.69, 9.17) is 5.11 Å². The van der Waals surface area contributed by atoms with E-state index in [9.17, 15) is 9.59 Å². The van der Waals surface area contributed by atoms with E-state index in [-0.39, 0.29) is 24.8 Å². The Labute approximate surface area is 119 Å². The van der Waals surface area contributed by atoms with Gasteiger partial charge in [-0.3, -0.25) is 9.59 Å². The molecule has 0 spiro atoms. The van der Waals surface area contributed by atoms with E-state index >= 15 is 0 Å². The minimum Gasteiger partial charge on any atom is -0.481 e. The van der Waals surface area contributed by atoms with Crippen molar-refractivity contribution in [1.82, 2.24) is 5.32 Å². The first-order valence-corrected chi connectivity index (χ1v) is 8.00. The molecule has 1 rings (SSSR count). The zero-order chi connectivity index (χ0) is 14.5. The van der Waals surface area contributed by atoms with Crippen LogP contribution in [0.2, 0.25) is 0 Å². The highest BCUT2D eigenvalue weighted by Gasteiger charge is 2.29. The average molecular weight is 287 g/mol. The highest BCUT2D eigenvalue weighted by Crippen LogP contribution is 2.30. The number of hydrogen-bond acceptors (Lipinski definition) is 3. The Hall–Kier alpha value is -0.710. The van der Waals surface area contributed by atoms with Crippen LogP contribution in [0.5, 0.6) is 0 Å². The summed E-state index contributed by atoms with van der Waals surface area (Å²) in [5.41, 5.74) is -0.480. The fourth-order valence-corrected chi connectivity index (χ4v) is 3.79. The lowest BCUT2D eigenvalue weighted by Crippen LogP contribution is -2.36. The predicted octanol–water partition coefficient (Wildman–Crippen LogP) is 2.67. The van der Waals surface area contributed by atoms with E-state index in [0.29, 0.717) is 5.25 Å². The third-order valence-electron chi connectivity index (χ3n) is 3.42. The molecule has 0 saturated heterocycles. The van der Waals surface area contributed by atoms with Crippen molar-refractivity contribution in [3.05, 3.63) is 0 Å². The van der Waals surface area contributed by atoms with Crippen LogP contribution in [0.3, 0.4) is 0 Å². The standard InChI is InChI=1S/C14H25NO3S/c1-4-19-11-6-5-10(7-11)15-12(16)8-14(2,3)9-13(17)18/h10-11H,4-9H2,1-3H3,(H,15,16)(H,17,18). The zero-order valence-electron chi connectivity index (χ0n) is 12.1. The number of carboxylic acids is 1. The molecule has 4 nitrogen and oxygen atoms in total. The van der Waals surface area contributed by atoms with Gasteiger partial charge < -0.3 is 10.4 Å². The van der Waals surface area contributed by atoms with Gasteiger partial charge in [-0.2, -0.15) is 11.8 Å². The summed E-state index contributed by atoms with van der Waals surface area (Å²) < 4.78 is 0. The highest BCUT2D eigenvalue weighted by atomic mass is 32.2. The molecular formula is C14H25NO3S. The van der Waals surface area contributed by atoms with Crippen molar-refractivity contribution < 1.29 is 14.7 Å². The van der Waals surface area contributed by atoms with E-state index in [1.165, 1.54) is 6.42 Å². The van der Waals surface area contributed by atoms with Gasteiger partial charge in [0.1, 0.15) is 0 Å². The molecule has 110 valence electrons. The first kappa shape index (κ1) is 16.3. The number of hydrogen-bond donors (Lipinski definition) is 2. The van der Waals surface area contributed by atoms with Gasteiger partial charge >= 0.3 is 5.97 Å². The van der Waals surface area contributed by atoms with Crippen LogP contribution in [-0.2, 0) is 9.59 Å². The second-order valence-corrected chi connectivity index (χ2v) is 7.64. The molecule has 0 aromatic rings. The summed E-state index contributed by atoms with van der Waals surface area (Å²) in [7, 11) is 0. The summed E-state index contributed by atoms with van der Waals surface area (Å²) in [4.78, 5) is 22.7. The molecule has 0 bridgehead atoms. The minimum atomic E-state index is -0.849. The first-order chi connectivity index (χ1) is 8.82. The van der Waals surface area contributed by atoms with Crippen LogP contribution in [0.4, 0.5) is 0 Å². The Morgan fingerprint density at radius 2 is 2.00 bits per heavy atom. The Kier molecular flexibility index (Phi) is 6.17. The summed E-state index contributed by atoms with van der Waals surface area (Å²) in [6, 6.07) is 0.275. The van der Waals surface area contributed by atoms with Gasteiger partial charge in [0, 0.05) is 17.7 Å². The number of aliphatic carboxylic acids is 1. The summed E-state index contributed by atoms with van der Waals surface area (Å²) in [5.74, 6) is 0.258. The van der Waals surface area contributed by atoms with E-state index < -0.39 is 11.4 Å². The SMILES string of the molecule is CCSC1CCC(NC(=O)CC(C)(C)CC(=O)O)C1. The largest absolute Gasteiger partial charge is 0.481 e. The van der Waals surface area contributed by atoms with Gasteiger partial charge in [-0.25, -0.2) is 0 Å². The maximum atomic E-state index is 11.9. The van der Waals surface area contributed by atoms with Crippen LogP contribution in [-0.4, -0.2) is 34.0 Å². The fraction of sp³-hybridized carbons (Fsp3) is 0.857. The van der Waals surface area contributed by atoms with E-state index in [1.807, 2.05) is 25.6 Å². The lowest BCUT2D eigenvalue weighted by molar-refractivity contribution is -0.139. The number of carbonyl (C=O) groups is 2. The third-order valence-corrected chi connectivity index (χ3v) is 4.65. The lowest BCUT2D eigenvalue weighted by Gasteiger charge is -2.23. The predicted molar refractivity (Wildman–Crippen MR) is 78.4 cm³/mol. The maximum absolute atomic E-state index is 11.9. The fourth-order valence-electron chi connectivity index (χ4n) is 2.64. The summed E-state index contributed by atoms with van der Waals surface area (Å²) in [5, 5.41) is 12.5. The molecule has 0 aromatic heterocycles. The quantitative estimate of drug-likeness (QED) is 0.755. The third kappa shape index (κ3) is 6.32. The van der Waals surface area contributed by atoms with Gasteiger partial charge in [-0.15, -0.1) is 0 Å². The molecule has 2 atom stereocenters. The number of amides is 1. The van der Waals surface area contributed by atoms with E-state index in [0.717, 1.165) is 18.6 Å². The molecule has 0 aromatic carbocycles. The minimum absolute atomic E-state index is 0.0154. The summed E-state index contributed by atoms with van der Waals surface area (Å²) in [6.45, 7) is 5.81. The first-order valence-electron chi connectivity index (χ1n) is 6.95. The van der Waals surface area contributed by atoms with Crippen LogP contribution >= 0.6 is 11.8 Å². The van der Waals surface area contributed by atoms with Gasteiger partial charge in [0.25, 0.3) is 0 Å². The molecule has 0 radical (unpaired) electrons.